The summed E-state index contributed by atoms with van der Waals surface area (Å²) >= 11 is 0. The molecule has 0 aliphatic carbocycles. The maximum Gasteiger partial charge on any atom is 0.226 e. The maximum atomic E-state index is 12.6. The van der Waals surface area contributed by atoms with E-state index in [1.807, 2.05) is 16.7 Å². The van der Waals surface area contributed by atoms with Gasteiger partial charge in [0.05, 0.1) is 0 Å². The molecule has 0 bridgehead atoms. The molecular formula is C15H28ClN3O2. The van der Waals surface area contributed by atoms with Crippen molar-refractivity contribution < 1.29 is 9.59 Å². The number of likely N-dealkylation sites (tertiary alicyclic amines) is 1. The molecule has 122 valence electrons. The number of hydrogen-bond donors (Lipinski definition) is 1. The first kappa shape index (κ1) is 18.2. The lowest BCUT2D eigenvalue weighted by Crippen LogP contribution is -2.55. The fourth-order valence-corrected chi connectivity index (χ4v) is 3.15. The second-order valence-electron chi connectivity index (χ2n) is 5.99. The largest absolute Gasteiger partial charge is 0.343 e. The quantitative estimate of drug-likeness (QED) is 0.853. The number of piperazine rings is 1. The van der Waals surface area contributed by atoms with Crippen molar-refractivity contribution in [2.75, 3.05) is 32.7 Å². The van der Waals surface area contributed by atoms with E-state index >= 15 is 0 Å². The van der Waals surface area contributed by atoms with Crippen LogP contribution >= 0.6 is 12.4 Å². The summed E-state index contributed by atoms with van der Waals surface area (Å²) < 4.78 is 0. The third-order valence-corrected chi connectivity index (χ3v) is 4.45. The first-order chi connectivity index (χ1) is 9.63. The van der Waals surface area contributed by atoms with Crippen molar-refractivity contribution in [1.29, 1.82) is 0 Å². The second-order valence-corrected chi connectivity index (χ2v) is 5.99. The molecule has 0 aromatic rings. The van der Waals surface area contributed by atoms with Gasteiger partial charge in [-0.3, -0.25) is 9.59 Å². The number of rotatable bonds is 3. The van der Waals surface area contributed by atoms with Crippen LogP contribution in [-0.4, -0.2) is 60.4 Å². The number of nitrogens with zero attached hydrogens (tertiary/aromatic N) is 2. The van der Waals surface area contributed by atoms with Crippen molar-refractivity contribution in [1.82, 2.24) is 15.1 Å². The van der Waals surface area contributed by atoms with E-state index in [9.17, 15) is 9.59 Å². The number of halogens is 1. The highest BCUT2D eigenvalue weighted by atomic mass is 35.5. The van der Waals surface area contributed by atoms with Gasteiger partial charge in [-0.15, -0.1) is 12.4 Å². The molecule has 0 aromatic carbocycles. The summed E-state index contributed by atoms with van der Waals surface area (Å²) in [6.45, 7) is 8.22. The van der Waals surface area contributed by atoms with Crippen LogP contribution in [0.15, 0.2) is 0 Å². The topological polar surface area (TPSA) is 52.7 Å². The molecule has 1 N–H and O–H groups in total. The summed E-state index contributed by atoms with van der Waals surface area (Å²) in [6.07, 6.45) is 3.18. The second kappa shape index (κ2) is 8.59. The van der Waals surface area contributed by atoms with Gasteiger partial charge in [0.15, 0.2) is 0 Å². The minimum absolute atomic E-state index is 0. The summed E-state index contributed by atoms with van der Waals surface area (Å²) in [5, 5.41) is 3.31. The van der Waals surface area contributed by atoms with Crippen LogP contribution < -0.4 is 5.32 Å². The molecule has 2 amide bonds. The highest BCUT2D eigenvalue weighted by molar-refractivity contribution is 5.85. The lowest BCUT2D eigenvalue weighted by atomic mass is 9.94. The molecule has 0 radical (unpaired) electrons. The molecule has 21 heavy (non-hydrogen) atoms. The Balaban J connectivity index is 0.00000220. The van der Waals surface area contributed by atoms with Crippen LogP contribution in [0.1, 0.15) is 39.5 Å². The Morgan fingerprint density at radius 1 is 1.19 bits per heavy atom. The highest BCUT2D eigenvalue weighted by Crippen LogP contribution is 2.22. The van der Waals surface area contributed by atoms with E-state index < -0.39 is 0 Å². The molecule has 2 aliphatic heterocycles. The lowest BCUT2D eigenvalue weighted by Gasteiger charge is -2.39. The summed E-state index contributed by atoms with van der Waals surface area (Å²) in [6, 6.07) is 0.288. The van der Waals surface area contributed by atoms with E-state index in [1.165, 1.54) is 0 Å². The third kappa shape index (κ3) is 4.58. The third-order valence-electron chi connectivity index (χ3n) is 4.45. The van der Waals surface area contributed by atoms with Crippen molar-refractivity contribution in [2.45, 2.75) is 45.6 Å². The number of hydrogen-bond acceptors (Lipinski definition) is 3. The molecule has 0 aromatic heterocycles. The Morgan fingerprint density at radius 3 is 2.43 bits per heavy atom. The molecule has 2 fully saturated rings. The first-order valence-corrected chi connectivity index (χ1v) is 7.92. The summed E-state index contributed by atoms with van der Waals surface area (Å²) in [5.41, 5.74) is 0. The molecule has 2 aliphatic rings. The van der Waals surface area contributed by atoms with Crippen molar-refractivity contribution in [3.8, 4) is 0 Å². The van der Waals surface area contributed by atoms with E-state index in [4.69, 9.17) is 0 Å². The van der Waals surface area contributed by atoms with Gasteiger partial charge in [0.25, 0.3) is 0 Å². The Labute approximate surface area is 133 Å². The zero-order valence-electron chi connectivity index (χ0n) is 13.1. The van der Waals surface area contributed by atoms with Crippen molar-refractivity contribution in [2.24, 2.45) is 5.92 Å². The van der Waals surface area contributed by atoms with E-state index in [-0.39, 0.29) is 30.3 Å². The molecule has 2 saturated heterocycles. The van der Waals surface area contributed by atoms with Gasteiger partial charge in [-0.1, -0.05) is 6.92 Å². The number of amides is 2. The normalized spacial score (nSPS) is 23.6. The average molecular weight is 318 g/mol. The minimum atomic E-state index is 0. The van der Waals surface area contributed by atoms with Crippen LogP contribution in [0.2, 0.25) is 0 Å². The monoisotopic (exact) mass is 317 g/mol. The molecule has 0 unspecified atom stereocenters. The minimum Gasteiger partial charge on any atom is -0.343 e. The number of carbonyl (C=O) groups excluding carboxylic acids is 2. The zero-order valence-corrected chi connectivity index (χ0v) is 14.0. The average Bonchev–Trinajstić information content (AvgIpc) is 2.47. The van der Waals surface area contributed by atoms with Crippen LogP contribution in [-0.2, 0) is 9.59 Å². The molecule has 0 spiro atoms. The smallest absolute Gasteiger partial charge is 0.226 e. The van der Waals surface area contributed by atoms with Crippen LogP contribution in [0.4, 0.5) is 0 Å². The van der Waals surface area contributed by atoms with Crippen molar-refractivity contribution in [3.05, 3.63) is 0 Å². The summed E-state index contributed by atoms with van der Waals surface area (Å²) in [7, 11) is 0. The van der Waals surface area contributed by atoms with Crippen LogP contribution in [0.25, 0.3) is 0 Å². The van der Waals surface area contributed by atoms with Gasteiger partial charge in [-0.05, 0) is 26.2 Å². The molecule has 5 nitrogen and oxygen atoms in total. The van der Waals surface area contributed by atoms with E-state index in [0.717, 1.165) is 52.0 Å². The summed E-state index contributed by atoms with van der Waals surface area (Å²) in [4.78, 5) is 28.4. The number of nitrogens with one attached hydrogen (secondary N) is 1. The fourth-order valence-electron chi connectivity index (χ4n) is 3.15. The molecule has 2 heterocycles. The number of piperidine rings is 1. The SMILES string of the molecule is CCCC(=O)N1CCC(C(=O)N2CCNC[C@H]2C)CC1.Cl. The molecule has 0 saturated carbocycles. The first-order valence-electron chi connectivity index (χ1n) is 7.92. The van der Waals surface area contributed by atoms with Crippen molar-refractivity contribution in [3.63, 3.8) is 0 Å². The lowest BCUT2D eigenvalue weighted by molar-refractivity contribution is -0.142. The van der Waals surface area contributed by atoms with Crippen LogP contribution in [0.3, 0.4) is 0 Å². The Kier molecular flexibility index (Phi) is 7.46. The van der Waals surface area contributed by atoms with E-state index in [1.54, 1.807) is 0 Å². The Bertz CT molecular complexity index is 357. The molecular weight excluding hydrogens is 290 g/mol. The maximum absolute atomic E-state index is 12.6. The van der Waals surface area contributed by atoms with Gasteiger partial charge < -0.3 is 15.1 Å². The van der Waals surface area contributed by atoms with Gasteiger partial charge in [-0.25, -0.2) is 0 Å². The zero-order chi connectivity index (χ0) is 14.5. The van der Waals surface area contributed by atoms with Gasteiger partial charge in [0.1, 0.15) is 0 Å². The standard InChI is InChI=1S/C15H27N3O2.ClH/c1-3-4-14(19)17-8-5-13(6-9-17)15(20)18-10-7-16-11-12(18)2;/h12-13,16H,3-11H2,1-2H3;1H/t12-;/m1./s1. The molecule has 2 rings (SSSR count). The molecule has 1 atom stereocenters. The van der Waals surface area contributed by atoms with Crippen LogP contribution in [0, 0.1) is 5.92 Å². The highest BCUT2D eigenvalue weighted by Gasteiger charge is 2.32. The fraction of sp³-hybridized carbons (Fsp3) is 0.867. The van der Waals surface area contributed by atoms with Gasteiger partial charge in [0.2, 0.25) is 11.8 Å². The van der Waals surface area contributed by atoms with Gasteiger partial charge >= 0.3 is 0 Å². The van der Waals surface area contributed by atoms with Gasteiger partial charge in [0, 0.05) is 51.1 Å². The Hall–Kier alpha value is -0.810. The van der Waals surface area contributed by atoms with Crippen molar-refractivity contribution >= 4 is 24.2 Å². The molecule has 6 heteroatoms. The van der Waals surface area contributed by atoms with E-state index in [2.05, 4.69) is 12.2 Å². The predicted octanol–water partition coefficient (Wildman–Crippen LogP) is 1.27. The van der Waals surface area contributed by atoms with E-state index in [0.29, 0.717) is 12.3 Å². The predicted molar refractivity (Wildman–Crippen MR) is 85.5 cm³/mol. The number of carbonyl (C=O) groups is 2. The van der Waals surface area contributed by atoms with Gasteiger partial charge in [-0.2, -0.15) is 0 Å². The van der Waals surface area contributed by atoms with Crippen LogP contribution in [0.5, 0.6) is 0 Å². The summed E-state index contributed by atoms with van der Waals surface area (Å²) in [5.74, 6) is 0.650. The Morgan fingerprint density at radius 2 is 1.86 bits per heavy atom.